The zero-order valence-corrected chi connectivity index (χ0v) is 21.6. The Balaban J connectivity index is 1.55. The third kappa shape index (κ3) is 4.58. The van der Waals surface area contributed by atoms with Crippen LogP contribution in [0.2, 0.25) is 5.02 Å². The Bertz CT molecular complexity index is 1470. The highest BCUT2D eigenvalue weighted by atomic mass is 35.5. The van der Waals surface area contributed by atoms with Gasteiger partial charge in [-0.1, -0.05) is 48.0 Å². The van der Waals surface area contributed by atoms with E-state index in [-0.39, 0.29) is 18.4 Å². The van der Waals surface area contributed by atoms with E-state index in [1.807, 2.05) is 73.7 Å². The van der Waals surface area contributed by atoms with Gasteiger partial charge in [0, 0.05) is 22.8 Å². The average molecular weight is 515 g/mol. The van der Waals surface area contributed by atoms with E-state index in [9.17, 15) is 9.59 Å². The summed E-state index contributed by atoms with van der Waals surface area (Å²) < 4.78 is 6.87. The molecular formula is C29H27ClN4O3. The van der Waals surface area contributed by atoms with Crippen molar-refractivity contribution in [2.75, 3.05) is 12.0 Å². The van der Waals surface area contributed by atoms with Crippen molar-refractivity contribution in [3.63, 3.8) is 0 Å². The van der Waals surface area contributed by atoms with E-state index in [0.717, 1.165) is 22.4 Å². The van der Waals surface area contributed by atoms with Crippen molar-refractivity contribution in [2.24, 2.45) is 0 Å². The van der Waals surface area contributed by atoms with Crippen LogP contribution in [0.25, 0.3) is 11.3 Å². The molecular weight excluding hydrogens is 488 g/mol. The van der Waals surface area contributed by atoms with Gasteiger partial charge >= 0.3 is 0 Å². The van der Waals surface area contributed by atoms with Crippen molar-refractivity contribution in [1.29, 1.82) is 0 Å². The van der Waals surface area contributed by atoms with Crippen LogP contribution in [-0.4, -0.2) is 34.2 Å². The van der Waals surface area contributed by atoms with E-state index in [4.69, 9.17) is 21.4 Å². The van der Waals surface area contributed by atoms with Crippen molar-refractivity contribution >= 4 is 29.1 Å². The summed E-state index contributed by atoms with van der Waals surface area (Å²) in [6.07, 6.45) is 0. The molecule has 1 aliphatic heterocycles. The monoisotopic (exact) mass is 514 g/mol. The number of anilines is 1. The topological polar surface area (TPSA) is 76.5 Å². The molecule has 5 rings (SSSR count). The van der Waals surface area contributed by atoms with Crippen LogP contribution in [0.3, 0.4) is 0 Å². The van der Waals surface area contributed by atoms with Gasteiger partial charge in [0.15, 0.2) is 0 Å². The molecule has 2 amide bonds. The normalized spacial score (nSPS) is 16.9. The molecule has 0 spiro atoms. The molecule has 7 nitrogen and oxygen atoms in total. The summed E-state index contributed by atoms with van der Waals surface area (Å²) in [4.78, 5) is 29.2. The second kappa shape index (κ2) is 9.75. The Morgan fingerprint density at radius 2 is 1.81 bits per heavy atom. The summed E-state index contributed by atoms with van der Waals surface area (Å²) in [6.45, 7) is 4.17. The van der Waals surface area contributed by atoms with Crippen LogP contribution in [0.5, 0.6) is 5.75 Å². The number of carbonyl (C=O) groups excluding carboxylic acids is 2. The second-order valence-electron chi connectivity index (χ2n) is 9.32. The van der Waals surface area contributed by atoms with Crippen LogP contribution in [0.1, 0.15) is 28.5 Å². The smallest absolute Gasteiger partial charge is 0.277 e. The summed E-state index contributed by atoms with van der Waals surface area (Å²) in [5.41, 5.74) is 3.04. The molecule has 0 saturated carbocycles. The Kier molecular flexibility index (Phi) is 6.48. The first kappa shape index (κ1) is 24.6. The molecule has 1 aromatic heterocycles. The number of hydrogen-bond donors (Lipinski definition) is 1. The molecule has 1 N–H and O–H groups in total. The van der Waals surface area contributed by atoms with Crippen molar-refractivity contribution in [3.8, 4) is 17.0 Å². The first-order valence-electron chi connectivity index (χ1n) is 12.0. The van der Waals surface area contributed by atoms with Gasteiger partial charge < -0.3 is 10.1 Å². The first-order valence-corrected chi connectivity index (χ1v) is 12.3. The number of ether oxygens (including phenoxy) is 1. The van der Waals surface area contributed by atoms with Gasteiger partial charge in [-0.15, -0.1) is 0 Å². The number of carbonyl (C=O) groups is 2. The predicted molar refractivity (Wildman–Crippen MR) is 144 cm³/mol. The third-order valence-electron chi connectivity index (χ3n) is 6.74. The van der Waals surface area contributed by atoms with Gasteiger partial charge in [0.05, 0.1) is 19.3 Å². The number of rotatable bonds is 6. The van der Waals surface area contributed by atoms with Gasteiger partial charge in [-0.3, -0.25) is 19.2 Å². The molecule has 188 valence electrons. The van der Waals surface area contributed by atoms with E-state index >= 15 is 0 Å². The number of benzene rings is 3. The highest BCUT2D eigenvalue weighted by molar-refractivity contribution is 6.31. The summed E-state index contributed by atoms with van der Waals surface area (Å²) >= 11 is 6.44. The predicted octanol–water partition coefficient (Wildman–Crippen LogP) is 5.26. The number of aryl methyl sites for hydroxylation is 1. The fourth-order valence-corrected chi connectivity index (χ4v) is 4.75. The van der Waals surface area contributed by atoms with Gasteiger partial charge in [0.1, 0.15) is 17.0 Å². The van der Waals surface area contributed by atoms with Crippen LogP contribution in [0, 0.1) is 6.92 Å². The van der Waals surface area contributed by atoms with E-state index in [0.29, 0.717) is 28.6 Å². The molecule has 1 atom stereocenters. The minimum Gasteiger partial charge on any atom is -0.497 e. The fraction of sp³-hybridized carbons (Fsp3) is 0.207. The molecule has 3 aromatic carbocycles. The largest absolute Gasteiger partial charge is 0.497 e. The van der Waals surface area contributed by atoms with Crippen LogP contribution >= 0.6 is 11.6 Å². The van der Waals surface area contributed by atoms with E-state index in [2.05, 4.69) is 5.32 Å². The second-order valence-corrected chi connectivity index (χ2v) is 9.72. The quantitative estimate of drug-likeness (QED) is 0.381. The number of amides is 2. The molecule has 0 saturated heterocycles. The Labute approximate surface area is 220 Å². The molecule has 0 bridgehead atoms. The van der Waals surface area contributed by atoms with Crippen LogP contribution in [0.15, 0.2) is 78.9 Å². The minimum absolute atomic E-state index is 0.177. The maximum atomic E-state index is 14.0. The molecule has 0 unspecified atom stereocenters. The number of nitrogens with one attached hydrogen (secondary N) is 1. The number of fused-ring (bicyclic) bond motifs is 1. The Morgan fingerprint density at radius 3 is 2.49 bits per heavy atom. The fourth-order valence-electron chi connectivity index (χ4n) is 4.58. The third-order valence-corrected chi connectivity index (χ3v) is 7.15. The summed E-state index contributed by atoms with van der Waals surface area (Å²) in [5.74, 6) is 0.123. The van der Waals surface area contributed by atoms with E-state index in [1.54, 1.807) is 30.8 Å². The van der Waals surface area contributed by atoms with Gasteiger partial charge in [-0.2, -0.15) is 5.10 Å². The first-order chi connectivity index (χ1) is 17.8. The van der Waals surface area contributed by atoms with E-state index in [1.165, 1.54) is 4.90 Å². The van der Waals surface area contributed by atoms with Crippen molar-refractivity contribution in [1.82, 2.24) is 15.1 Å². The highest BCUT2D eigenvalue weighted by Gasteiger charge is 2.49. The van der Waals surface area contributed by atoms with Crippen LogP contribution < -0.4 is 15.0 Å². The van der Waals surface area contributed by atoms with Crippen molar-refractivity contribution in [2.45, 2.75) is 32.5 Å². The lowest BCUT2D eigenvalue weighted by molar-refractivity contribution is -0.126. The summed E-state index contributed by atoms with van der Waals surface area (Å²) in [7, 11) is 1.61. The molecule has 8 heteroatoms. The molecule has 4 aromatic rings. The maximum Gasteiger partial charge on any atom is 0.277 e. The maximum absolute atomic E-state index is 14.0. The van der Waals surface area contributed by atoms with E-state index < -0.39 is 5.54 Å². The SMILES string of the molecule is COc1ccc(-c2cc3n(n2)C[C@@](C)(C(=O)NCc2ccccc2)N(c2ccc(C)c(Cl)c2)C3=O)cc1. The van der Waals surface area contributed by atoms with Crippen LogP contribution in [-0.2, 0) is 17.9 Å². The summed E-state index contributed by atoms with van der Waals surface area (Å²) in [5, 5.41) is 8.25. The average Bonchev–Trinajstić information content (AvgIpc) is 3.34. The Morgan fingerprint density at radius 1 is 1.08 bits per heavy atom. The number of nitrogens with zero attached hydrogens (tertiary/aromatic N) is 3. The Hall–Kier alpha value is -4.10. The molecule has 1 aliphatic rings. The number of halogens is 1. The van der Waals surface area contributed by atoms with Gasteiger partial charge in [-0.05, 0) is 67.4 Å². The lowest BCUT2D eigenvalue weighted by atomic mass is 9.93. The number of methoxy groups -OCH3 is 1. The van der Waals surface area contributed by atoms with Gasteiger partial charge in [-0.25, -0.2) is 0 Å². The number of aromatic nitrogens is 2. The molecule has 37 heavy (non-hydrogen) atoms. The lowest BCUT2D eigenvalue weighted by Gasteiger charge is -2.43. The highest BCUT2D eigenvalue weighted by Crippen LogP contribution is 2.36. The molecule has 2 heterocycles. The zero-order chi connectivity index (χ0) is 26.2. The zero-order valence-electron chi connectivity index (χ0n) is 20.9. The van der Waals surface area contributed by atoms with Gasteiger partial charge in [0.2, 0.25) is 5.91 Å². The van der Waals surface area contributed by atoms with Crippen molar-refractivity contribution in [3.05, 3.63) is 101 Å². The molecule has 0 aliphatic carbocycles. The molecule has 0 fully saturated rings. The standard InChI is InChI=1S/C29H27ClN4O3/c1-19-9-12-22(15-24(19)30)34-27(35)26-16-25(21-10-13-23(37-3)14-11-21)32-33(26)18-29(34,2)28(36)31-17-20-7-5-4-6-8-20/h4-16H,17-18H2,1-3H3,(H,31,36)/t29-/m0/s1. The number of hydrogen-bond acceptors (Lipinski definition) is 4. The lowest BCUT2D eigenvalue weighted by Crippen LogP contribution is -2.64. The molecule has 0 radical (unpaired) electrons. The summed E-state index contributed by atoms with van der Waals surface area (Å²) in [6, 6.07) is 24.3. The minimum atomic E-state index is -1.25. The van der Waals surface area contributed by atoms with Crippen LogP contribution in [0.4, 0.5) is 5.69 Å². The van der Waals surface area contributed by atoms with Gasteiger partial charge in [0.25, 0.3) is 5.91 Å². The van der Waals surface area contributed by atoms with Crippen molar-refractivity contribution < 1.29 is 14.3 Å².